The third-order valence-electron chi connectivity index (χ3n) is 2.98. The first kappa shape index (κ1) is 15.9. The molecule has 5 nitrogen and oxygen atoms in total. The molecule has 0 saturated heterocycles. The highest BCUT2D eigenvalue weighted by Gasteiger charge is 2.15. The molecule has 1 aromatic carbocycles. The van der Waals surface area contributed by atoms with Crippen LogP contribution in [0.4, 0.5) is 0 Å². The molecule has 0 atom stereocenters. The van der Waals surface area contributed by atoms with Crippen LogP contribution in [0.15, 0.2) is 60.3 Å². The number of nitrogens with zero attached hydrogens (tertiary/aromatic N) is 1. The summed E-state index contributed by atoms with van der Waals surface area (Å²) in [5.41, 5.74) is 1.25. The highest BCUT2D eigenvalue weighted by Crippen LogP contribution is 2.10. The minimum absolute atomic E-state index is 0.161. The Labute approximate surface area is 129 Å². The maximum Gasteiger partial charge on any atom is 0.338 e. The molecule has 0 amide bonds. The van der Waals surface area contributed by atoms with Gasteiger partial charge in [0.1, 0.15) is 6.61 Å². The number of sulfone groups is 1. The van der Waals surface area contributed by atoms with Crippen LogP contribution in [-0.2, 0) is 14.6 Å². The quantitative estimate of drug-likeness (QED) is 0.765. The lowest BCUT2D eigenvalue weighted by atomic mass is 10.1. The third kappa shape index (κ3) is 4.02. The van der Waals surface area contributed by atoms with Gasteiger partial charge in [0, 0.05) is 12.4 Å². The molecule has 0 N–H and O–H groups in total. The van der Waals surface area contributed by atoms with Crippen molar-refractivity contribution in [2.75, 3.05) is 12.4 Å². The molecular weight excluding hydrogens is 302 g/mol. The van der Waals surface area contributed by atoms with E-state index in [2.05, 4.69) is 11.6 Å². The number of rotatable bonds is 6. The SMILES string of the molecule is C=Cc1ccc(C(=O)OCCS(=O)(=O)c2ccncc2)cc1. The smallest absolute Gasteiger partial charge is 0.338 e. The van der Waals surface area contributed by atoms with Crippen LogP contribution in [0.3, 0.4) is 0 Å². The van der Waals surface area contributed by atoms with Gasteiger partial charge in [0.05, 0.1) is 16.2 Å². The summed E-state index contributed by atoms with van der Waals surface area (Å²) in [6.45, 7) is 3.42. The average Bonchev–Trinajstić information content (AvgIpc) is 2.55. The second-order valence-corrected chi connectivity index (χ2v) is 6.57. The molecule has 0 fully saturated rings. The Bertz CT molecular complexity index is 752. The van der Waals surface area contributed by atoms with Gasteiger partial charge in [0.25, 0.3) is 0 Å². The van der Waals surface area contributed by atoms with Crippen LogP contribution in [0.2, 0.25) is 0 Å². The summed E-state index contributed by atoms with van der Waals surface area (Å²) in [6.07, 6.45) is 4.47. The van der Waals surface area contributed by atoms with Crippen molar-refractivity contribution in [2.24, 2.45) is 0 Å². The largest absolute Gasteiger partial charge is 0.461 e. The minimum Gasteiger partial charge on any atom is -0.461 e. The number of hydrogen-bond acceptors (Lipinski definition) is 5. The molecule has 0 aliphatic heterocycles. The van der Waals surface area contributed by atoms with Gasteiger partial charge in [-0.1, -0.05) is 24.8 Å². The predicted octanol–water partition coefficient (Wildman–Crippen LogP) is 2.36. The van der Waals surface area contributed by atoms with Crippen molar-refractivity contribution >= 4 is 21.9 Å². The zero-order chi connectivity index (χ0) is 16.0. The van der Waals surface area contributed by atoms with Gasteiger partial charge in [-0.15, -0.1) is 0 Å². The fraction of sp³-hybridized carbons (Fsp3) is 0.125. The van der Waals surface area contributed by atoms with E-state index in [1.165, 1.54) is 24.5 Å². The molecule has 6 heteroatoms. The van der Waals surface area contributed by atoms with Crippen molar-refractivity contribution in [3.8, 4) is 0 Å². The van der Waals surface area contributed by atoms with Crippen LogP contribution in [-0.4, -0.2) is 31.7 Å². The summed E-state index contributed by atoms with van der Waals surface area (Å²) in [5, 5.41) is 0. The molecular formula is C16H15NO4S. The molecule has 2 rings (SSSR count). The molecule has 0 saturated carbocycles. The van der Waals surface area contributed by atoms with E-state index in [1.807, 2.05) is 0 Å². The predicted molar refractivity (Wildman–Crippen MR) is 83.1 cm³/mol. The number of carbonyl (C=O) groups is 1. The van der Waals surface area contributed by atoms with E-state index < -0.39 is 15.8 Å². The lowest BCUT2D eigenvalue weighted by Gasteiger charge is -2.06. The molecule has 0 aliphatic carbocycles. The van der Waals surface area contributed by atoms with E-state index in [1.54, 1.807) is 30.3 Å². The standard InChI is InChI=1S/C16H15NO4S/c1-2-13-3-5-14(6-4-13)16(18)21-11-12-22(19,20)15-7-9-17-10-8-15/h2-10H,1,11-12H2. The summed E-state index contributed by atoms with van der Waals surface area (Å²) >= 11 is 0. The van der Waals surface area contributed by atoms with E-state index >= 15 is 0 Å². The molecule has 22 heavy (non-hydrogen) atoms. The van der Waals surface area contributed by atoms with Crippen molar-refractivity contribution in [2.45, 2.75) is 4.90 Å². The maximum atomic E-state index is 12.0. The maximum absolute atomic E-state index is 12.0. The Kier molecular flexibility index (Phi) is 5.06. The number of hydrogen-bond donors (Lipinski definition) is 0. The van der Waals surface area contributed by atoms with E-state index in [0.29, 0.717) is 5.56 Å². The van der Waals surface area contributed by atoms with Crippen molar-refractivity contribution in [1.82, 2.24) is 4.98 Å². The van der Waals surface area contributed by atoms with Crippen LogP contribution < -0.4 is 0 Å². The van der Waals surface area contributed by atoms with E-state index in [-0.39, 0.29) is 17.3 Å². The van der Waals surface area contributed by atoms with Crippen molar-refractivity contribution in [3.05, 3.63) is 66.5 Å². The third-order valence-corrected chi connectivity index (χ3v) is 4.67. The molecule has 0 spiro atoms. The Morgan fingerprint density at radius 1 is 1.14 bits per heavy atom. The number of ether oxygens (including phenoxy) is 1. The number of esters is 1. The van der Waals surface area contributed by atoms with Gasteiger partial charge in [-0.2, -0.15) is 0 Å². The fourth-order valence-corrected chi connectivity index (χ4v) is 2.82. The van der Waals surface area contributed by atoms with Gasteiger partial charge in [-0.3, -0.25) is 4.98 Å². The van der Waals surface area contributed by atoms with Crippen molar-refractivity contribution in [3.63, 3.8) is 0 Å². The number of carbonyl (C=O) groups excluding carboxylic acids is 1. The van der Waals surface area contributed by atoms with E-state index in [9.17, 15) is 13.2 Å². The van der Waals surface area contributed by atoms with Crippen molar-refractivity contribution in [1.29, 1.82) is 0 Å². The summed E-state index contributed by atoms with van der Waals surface area (Å²) in [7, 11) is -3.48. The molecule has 114 valence electrons. The Balaban J connectivity index is 1.93. The highest BCUT2D eigenvalue weighted by molar-refractivity contribution is 7.91. The van der Waals surface area contributed by atoms with Gasteiger partial charge >= 0.3 is 5.97 Å². The van der Waals surface area contributed by atoms with E-state index in [4.69, 9.17) is 4.74 Å². The monoisotopic (exact) mass is 317 g/mol. The second-order valence-electron chi connectivity index (χ2n) is 4.46. The molecule has 0 radical (unpaired) electrons. The normalized spacial score (nSPS) is 10.9. The Morgan fingerprint density at radius 2 is 1.77 bits per heavy atom. The summed E-state index contributed by atoms with van der Waals surface area (Å²) in [5.74, 6) is -0.825. The summed E-state index contributed by atoms with van der Waals surface area (Å²) in [4.78, 5) is 15.7. The zero-order valence-corrected chi connectivity index (χ0v) is 12.6. The lowest BCUT2D eigenvalue weighted by Crippen LogP contribution is -2.15. The molecule has 1 aromatic heterocycles. The summed E-state index contributed by atoms with van der Waals surface area (Å²) < 4.78 is 29.0. The first-order valence-corrected chi connectivity index (χ1v) is 8.20. The Hall–Kier alpha value is -2.47. The fourth-order valence-electron chi connectivity index (χ4n) is 1.75. The van der Waals surface area contributed by atoms with Gasteiger partial charge in [-0.25, -0.2) is 13.2 Å². The average molecular weight is 317 g/mol. The van der Waals surface area contributed by atoms with Crippen LogP contribution in [0.1, 0.15) is 15.9 Å². The molecule has 1 heterocycles. The molecule has 0 unspecified atom stereocenters. The molecule has 0 aliphatic rings. The van der Waals surface area contributed by atoms with Crippen LogP contribution in [0.5, 0.6) is 0 Å². The first-order chi connectivity index (χ1) is 10.5. The topological polar surface area (TPSA) is 73.3 Å². The first-order valence-electron chi connectivity index (χ1n) is 6.55. The molecule has 2 aromatic rings. The zero-order valence-electron chi connectivity index (χ0n) is 11.8. The molecule has 0 bridgehead atoms. The lowest BCUT2D eigenvalue weighted by molar-refractivity contribution is 0.0529. The number of benzene rings is 1. The number of pyridine rings is 1. The van der Waals surface area contributed by atoms with E-state index in [0.717, 1.165) is 5.56 Å². The van der Waals surface area contributed by atoms with Crippen molar-refractivity contribution < 1.29 is 17.9 Å². The van der Waals surface area contributed by atoms with Crippen LogP contribution >= 0.6 is 0 Å². The summed E-state index contributed by atoms with van der Waals surface area (Å²) in [6, 6.07) is 9.50. The van der Waals surface area contributed by atoms with Gasteiger partial charge in [-0.05, 0) is 29.8 Å². The van der Waals surface area contributed by atoms with Crippen LogP contribution in [0.25, 0.3) is 6.08 Å². The number of aromatic nitrogens is 1. The minimum atomic E-state index is -3.48. The Morgan fingerprint density at radius 3 is 2.36 bits per heavy atom. The van der Waals surface area contributed by atoms with Gasteiger partial charge in [0.2, 0.25) is 0 Å². The van der Waals surface area contributed by atoms with Crippen LogP contribution in [0, 0.1) is 0 Å². The van der Waals surface area contributed by atoms with Gasteiger partial charge < -0.3 is 4.74 Å². The highest BCUT2D eigenvalue weighted by atomic mass is 32.2. The second kappa shape index (κ2) is 7.00. The van der Waals surface area contributed by atoms with Gasteiger partial charge in [0.15, 0.2) is 9.84 Å².